The fourth-order valence-electron chi connectivity index (χ4n) is 2.83. The maximum Gasteiger partial charge on any atom is 0.224 e. The average molecular weight is 367 g/mol. The number of aryl methyl sites for hydroxylation is 1. The van der Waals surface area contributed by atoms with Gasteiger partial charge in [-0.2, -0.15) is 4.98 Å². The van der Waals surface area contributed by atoms with Crippen molar-refractivity contribution in [3.8, 4) is 0 Å². The van der Waals surface area contributed by atoms with Gasteiger partial charge in [0.15, 0.2) is 0 Å². The minimum Gasteiger partial charge on any atom is -0.354 e. The molecule has 3 aromatic rings. The minimum absolute atomic E-state index is 0.641. The number of nitrogens with one attached hydrogen (secondary N) is 1. The summed E-state index contributed by atoms with van der Waals surface area (Å²) in [5, 5.41) is 4.07. The van der Waals surface area contributed by atoms with Gasteiger partial charge < -0.3 is 10.2 Å². The van der Waals surface area contributed by atoms with E-state index in [0.717, 1.165) is 36.0 Å². The quantitative estimate of drug-likeness (QED) is 0.620. The maximum atomic E-state index is 5.92. The Hall–Kier alpha value is -2.59. The molecule has 3 rings (SSSR count). The number of hydrogen-bond acceptors (Lipinski definition) is 4. The van der Waals surface area contributed by atoms with Crippen molar-refractivity contribution in [2.75, 3.05) is 23.3 Å². The van der Waals surface area contributed by atoms with Crippen molar-refractivity contribution in [1.29, 1.82) is 0 Å². The Bertz CT molecular complexity index is 849. The molecule has 0 unspecified atom stereocenters. The maximum absolute atomic E-state index is 5.92. The number of hydrogen-bond donors (Lipinski definition) is 1. The fraction of sp³-hybridized carbons (Fsp3) is 0.238. The molecule has 0 amide bonds. The van der Waals surface area contributed by atoms with Crippen LogP contribution in [0.2, 0.25) is 5.02 Å². The lowest BCUT2D eigenvalue weighted by atomic mass is 10.1. The van der Waals surface area contributed by atoms with Crippen LogP contribution in [-0.2, 0) is 6.42 Å². The summed E-state index contributed by atoms with van der Waals surface area (Å²) in [5.74, 6) is 1.53. The van der Waals surface area contributed by atoms with Crippen LogP contribution in [0.15, 0.2) is 60.8 Å². The van der Waals surface area contributed by atoms with Crippen LogP contribution in [0.1, 0.15) is 18.1 Å². The van der Waals surface area contributed by atoms with E-state index in [1.165, 1.54) is 11.1 Å². The van der Waals surface area contributed by atoms with Crippen LogP contribution in [0, 0.1) is 6.92 Å². The second-order valence-electron chi connectivity index (χ2n) is 6.12. The van der Waals surface area contributed by atoms with Crippen LogP contribution >= 0.6 is 11.6 Å². The largest absolute Gasteiger partial charge is 0.354 e. The first-order valence-corrected chi connectivity index (χ1v) is 9.19. The van der Waals surface area contributed by atoms with Gasteiger partial charge in [0.1, 0.15) is 5.82 Å². The number of aromatic nitrogens is 2. The molecule has 1 heterocycles. The predicted octanol–water partition coefficient (Wildman–Crippen LogP) is 5.25. The van der Waals surface area contributed by atoms with Crippen LogP contribution in [0.25, 0.3) is 0 Å². The zero-order chi connectivity index (χ0) is 18.4. The topological polar surface area (TPSA) is 41.1 Å². The lowest BCUT2D eigenvalue weighted by Crippen LogP contribution is -2.18. The van der Waals surface area contributed by atoms with Gasteiger partial charge in [0.05, 0.1) is 0 Å². The van der Waals surface area contributed by atoms with Crippen LogP contribution in [0.5, 0.6) is 0 Å². The molecule has 0 spiro atoms. The van der Waals surface area contributed by atoms with E-state index >= 15 is 0 Å². The Labute approximate surface area is 159 Å². The van der Waals surface area contributed by atoms with Crippen LogP contribution in [0.3, 0.4) is 0 Å². The molecule has 5 heteroatoms. The Kier molecular flexibility index (Phi) is 6.08. The molecular weight excluding hydrogens is 344 g/mol. The summed E-state index contributed by atoms with van der Waals surface area (Å²) in [6.45, 7) is 5.82. The molecule has 0 radical (unpaired) electrons. The zero-order valence-electron chi connectivity index (χ0n) is 15.1. The Morgan fingerprint density at radius 1 is 1.08 bits per heavy atom. The third-order valence-corrected chi connectivity index (χ3v) is 4.41. The molecule has 0 bridgehead atoms. The first kappa shape index (κ1) is 18.2. The first-order chi connectivity index (χ1) is 12.7. The molecule has 26 heavy (non-hydrogen) atoms. The summed E-state index contributed by atoms with van der Waals surface area (Å²) in [5.41, 5.74) is 3.60. The van der Waals surface area contributed by atoms with E-state index in [4.69, 9.17) is 11.6 Å². The Morgan fingerprint density at radius 2 is 1.88 bits per heavy atom. The van der Waals surface area contributed by atoms with Gasteiger partial charge in [0.25, 0.3) is 0 Å². The molecule has 1 aromatic heterocycles. The van der Waals surface area contributed by atoms with E-state index < -0.39 is 0 Å². The standard InChI is InChI=1S/C21H23ClN4/c1-3-26(19-6-4-5-16(2)15-19)20-12-14-24-21(25-20)23-13-11-17-7-9-18(22)10-8-17/h4-10,12,14-15H,3,11,13H2,1-2H3,(H,23,24,25). The van der Waals surface area contributed by atoms with Crippen molar-refractivity contribution < 1.29 is 0 Å². The van der Waals surface area contributed by atoms with Crippen molar-refractivity contribution in [3.63, 3.8) is 0 Å². The Morgan fingerprint density at radius 3 is 2.62 bits per heavy atom. The molecule has 2 aromatic carbocycles. The van der Waals surface area contributed by atoms with E-state index in [0.29, 0.717) is 5.95 Å². The van der Waals surface area contributed by atoms with Crippen LogP contribution < -0.4 is 10.2 Å². The fourth-order valence-corrected chi connectivity index (χ4v) is 2.95. The van der Waals surface area contributed by atoms with Crippen molar-refractivity contribution in [2.45, 2.75) is 20.3 Å². The minimum atomic E-state index is 0.641. The monoisotopic (exact) mass is 366 g/mol. The lowest BCUT2D eigenvalue weighted by Gasteiger charge is -2.22. The van der Waals surface area contributed by atoms with Crippen molar-refractivity contribution in [2.24, 2.45) is 0 Å². The molecule has 0 saturated heterocycles. The van der Waals surface area contributed by atoms with Crippen molar-refractivity contribution >= 4 is 29.1 Å². The highest BCUT2D eigenvalue weighted by atomic mass is 35.5. The van der Waals surface area contributed by atoms with Gasteiger partial charge in [-0.25, -0.2) is 4.98 Å². The van der Waals surface area contributed by atoms with Crippen molar-refractivity contribution in [3.05, 3.63) is 76.9 Å². The molecule has 0 atom stereocenters. The molecule has 134 valence electrons. The van der Waals surface area contributed by atoms with Gasteiger partial charge in [0.2, 0.25) is 5.95 Å². The third-order valence-electron chi connectivity index (χ3n) is 4.16. The van der Waals surface area contributed by atoms with E-state index in [-0.39, 0.29) is 0 Å². The van der Waals surface area contributed by atoms with Gasteiger partial charge >= 0.3 is 0 Å². The van der Waals surface area contributed by atoms with Gasteiger partial charge in [0, 0.05) is 30.0 Å². The SMILES string of the molecule is CCN(c1cccc(C)c1)c1ccnc(NCCc2ccc(Cl)cc2)n1. The summed E-state index contributed by atoms with van der Waals surface area (Å²) in [7, 11) is 0. The molecule has 0 saturated carbocycles. The van der Waals surface area contributed by atoms with E-state index in [2.05, 4.69) is 58.3 Å². The predicted molar refractivity (Wildman–Crippen MR) is 110 cm³/mol. The first-order valence-electron chi connectivity index (χ1n) is 8.81. The van der Waals surface area contributed by atoms with Gasteiger partial charge in [-0.3, -0.25) is 0 Å². The summed E-state index contributed by atoms with van der Waals surface area (Å²) < 4.78 is 0. The van der Waals surface area contributed by atoms with Crippen LogP contribution in [-0.4, -0.2) is 23.1 Å². The normalized spacial score (nSPS) is 10.6. The van der Waals surface area contributed by atoms with E-state index in [1.807, 2.05) is 30.3 Å². The third kappa shape index (κ3) is 4.73. The highest BCUT2D eigenvalue weighted by molar-refractivity contribution is 6.30. The zero-order valence-corrected chi connectivity index (χ0v) is 15.9. The van der Waals surface area contributed by atoms with Gasteiger partial charge in [-0.1, -0.05) is 35.9 Å². The van der Waals surface area contributed by atoms with Gasteiger partial charge in [-0.05, 0) is 61.7 Å². The molecule has 0 aliphatic heterocycles. The molecule has 0 aliphatic carbocycles. The number of rotatable bonds is 7. The Balaban J connectivity index is 1.67. The second kappa shape index (κ2) is 8.68. The van der Waals surface area contributed by atoms with Gasteiger partial charge in [-0.15, -0.1) is 0 Å². The molecular formula is C21H23ClN4. The lowest BCUT2D eigenvalue weighted by molar-refractivity contribution is 0.951. The second-order valence-corrected chi connectivity index (χ2v) is 6.56. The number of nitrogens with zero attached hydrogens (tertiary/aromatic N) is 3. The van der Waals surface area contributed by atoms with Crippen molar-refractivity contribution in [1.82, 2.24) is 9.97 Å². The number of benzene rings is 2. The number of anilines is 3. The summed E-state index contributed by atoms with van der Waals surface area (Å²) in [4.78, 5) is 11.2. The molecule has 0 fully saturated rings. The smallest absolute Gasteiger partial charge is 0.224 e. The highest BCUT2D eigenvalue weighted by Gasteiger charge is 2.10. The highest BCUT2D eigenvalue weighted by Crippen LogP contribution is 2.24. The summed E-state index contributed by atoms with van der Waals surface area (Å²) in [6.07, 6.45) is 2.69. The molecule has 1 N–H and O–H groups in total. The van der Waals surface area contributed by atoms with Crippen LogP contribution in [0.4, 0.5) is 17.5 Å². The number of halogens is 1. The molecule has 0 aliphatic rings. The average Bonchev–Trinajstić information content (AvgIpc) is 2.65. The summed E-state index contributed by atoms with van der Waals surface area (Å²) in [6, 6.07) is 18.3. The van der Waals surface area contributed by atoms with E-state index in [1.54, 1.807) is 6.20 Å². The van der Waals surface area contributed by atoms with E-state index in [9.17, 15) is 0 Å². The molecule has 4 nitrogen and oxygen atoms in total. The summed E-state index contributed by atoms with van der Waals surface area (Å²) >= 11 is 5.92.